The molecular weight excluding hydrogens is 284 g/mol. The van der Waals surface area contributed by atoms with E-state index in [0.29, 0.717) is 0 Å². The number of nitrogens with one attached hydrogen (secondary N) is 1. The number of aryl methyl sites for hydroxylation is 2. The third-order valence-corrected chi connectivity index (χ3v) is 3.55. The molecule has 0 atom stereocenters. The number of benzene rings is 1. The average Bonchev–Trinajstić information content (AvgIpc) is 2.84. The smallest absolute Gasteiger partial charge is 0.0682 e. The molecule has 1 heterocycles. The Kier molecular flexibility index (Phi) is 6.89. The van der Waals surface area contributed by atoms with Crippen molar-refractivity contribution in [3.05, 3.63) is 41.6 Å². The summed E-state index contributed by atoms with van der Waals surface area (Å²) in [5, 5.41) is 7.47. The van der Waals surface area contributed by atoms with Crippen molar-refractivity contribution in [2.45, 2.75) is 13.5 Å². The molecule has 1 N–H and O–H groups in total. The minimum Gasteiger partial charge on any atom is -0.318 e. The predicted molar refractivity (Wildman–Crippen MR) is 90.9 cm³/mol. The van der Waals surface area contributed by atoms with E-state index in [9.17, 15) is 0 Å². The zero-order valence-corrected chi connectivity index (χ0v) is 14.1. The van der Waals surface area contributed by atoms with E-state index in [4.69, 9.17) is 0 Å². The van der Waals surface area contributed by atoms with Crippen LogP contribution in [0.25, 0.3) is 11.3 Å². The van der Waals surface area contributed by atoms with Crippen LogP contribution in [0.15, 0.2) is 30.5 Å². The van der Waals surface area contributed by atoms with E-state index in [1.807, 2.05) is 25.0 Å². The number of rotatable bonds is 6. The van der Waals surface area contributed by atoms with Gasteiger partial charge in [-0.15, -0.1) is 12.4 Å². The lowest BCUT2D eigenvalue weighted by Crippen LogP contribution is -2.27. The lowest BCUT2D eigenvalue weighted by Gasteiger charge is -2.19. The highest BCUT2D eigenvalue weighted by molar-refractivity contribution is 5.85. The highest BCUT2D eigenvalue weighted by Crippen LogP contribution is 2.25. The van der Waals surface area contributed by atoms with E-state index in [0.717, 1.165) is 19.6 Å². The molecule has 0 aliphatic carbocycles. The molecule has 0 spiro atoms. The highest BCUT2D eigenvalue weighted by atomic mass is 35.5. The molecule has 1 aromatic carbocycles. The Morgan fingerprint density at radius 1 is 1.29 bits per heavy atom. The van der Waals surface area contributed by atoms with Crippen LogP contribution in [0.1, 0.15) is 11.1 Å². The van der Waals surface area contributed by atoms with Crippen LogP contribution in [-0.2, 0) is 13.6 Å². The van der Waals surface area contributed by atoms with Gasteiger partial charge in [0.05, 0.1) is 5.69 Å². The van der Waals surface area contributed by atoms with E-state index >= 15 is 0 Å². The summed E-state index contributed by atoms with van der Waals surface area (Å²) in [6, 6.07) is 8.73. The van der Waals surface area contributed by atoms with E-state index in [2.05, 4.69) is 53.6 Å². The van der Waals surface area contributed by atoms with Crippen LogP contribution in [-0.4, -0.2) is 41.9 Å². The van der Waals surface area contributed by atoms with E-state index in [1.165, 1.54) is 22.4 Å². The summed E-state index contributed by atoms with van der Waals surface area (Å²) in [4.78, 5) is 2.33. The second kappa shape index (κ2) is 8.17. The first-order valence-electron chi connectivity index (χ1n) is 7.03. The Bertz CT molecular complexity index is 565. The largest absolute Gasteiger partial charge is 0.318 e. The molecule has 5 heteroatoms. The molecule has 2 aromatic rings. The van der Waals surface area contributed by atoms with Crippen molar-refractivity contribution >= 4 is 12.4 Å². The van der Waals surface area contributed by atoms with Gasteiger partial charge in [-0.1, -0.05) is 17.7 Å². The molecule has 0 bridgehead atoms. The van der Waals surface area contributed by atoms with Crippen molar-refractivity contribution < 1.29 is 0 Å². The standard InChI is InChI=1S/C16H24N4.ClH/c1-13-5-6-14(12-19(3)10-9-17-2)15(11-13)16-7-8-18-20(16)4;/h5-8,11,17H,9-10,12H2,1-4H3;1H. The van der Waals surface area contributed by atoms with E-state index in [-0.39, 0.29) is 12.4 Å². The van der Waals surface area contributed by atoms with Crippen molar-refractivity contribution in [1.29, 1.82) is 0 Å². The molecule has 0 amide bonds. The van der Waals surface area contributed by atoms with E-state index < -0.39 is 0 Å². The normalized spacial score (nSPS) is 10.7. The number of hydrogen-bond donors (Lipinski definition) is 1. The topological polar surface area (TPSA) is 33.1 Å². The van der Waals surface area contributed by atoms with Gasteiger partial charge in [-0.2, -0.15) is 5.10 Å². The second-order valence-electron chi connectivity index (χ2n) is 5.34. The van der Waals surface area contributed by atoms with Gasteiger partial charge in [0.15, 0.2) is 0 Å². The minimum atomic E-state index is 0. The van der Waals surface area contributed by atoms with Crippen LogP contribution in [0, 0.1) is 6.92 Å². The Hall–Kier alpha value is -1.36. The van der Waals surface area contributed by atoms with Crippen molar-refractivity contribution in [3.63, 3.8) is 0 Å². The summed E-state index contributed by atoms with van der Waals surface area (Å²) in [5.41, 5.74) is 5.08. The number of likely N-dealkylation sites (N-methyl/N-ethyl adjacent to an activating group) is 2. The summed E-state index contributed by atoms with van der Waals surface area (Å²) in [6.07, 6.45) is 1.85. The number of nitrogens with zero attached hydrogens (tertiary/aromatic N) is 3. The van der Waals surface area contributed by atoms with Crippen molar-refractivity contribution in [2.24, 2.45) is 7.05 Å². The second-order valence-corrected chi connectivity index (χ2v) is 5.34. The summed E-state index contributed by atoms with van der Waals surface area (Å²) < 4.78 is 1.94. The maximum atomic E-state index is 4.29. The lowest BCUT2D eigenvalue weighted by atomic mass is 10.0. The third kappa shape index (κ3) is 4.56. The first kappa shape index (κ1) is 17.7. The van der Waals surface area contributed by atoms with Crippen LogP contribution in [0.3, 0.4) is 0 Å². The van der Waals surface area contributed by atoms with Gasteiger partial charge in [-0.25, -0.2) is 0 Å². The van der Waals surface area contributed by atoms with Crippen LogP contribution >= 0.6 is 12.4 Å². The zero-order valence-electron chi connectivity index (χ0n) is 13.3. The summed E-state index contributed by atoms with van der Waals surface area (Å²) in [7, 11) is 6.14. The SMILES string of the molecule is CNCCN(C)Cc1ccc(C)cc1-c1ccnn1C.Cl. The predicted octanol–water partition coefficient (Wildman–Crippen LogP) is 2.47. The fourth-order valence-corrected chi connectivity index (χ4v) is 2.38. The third-order valence-electron chi connectivity index (χ3n) is 3.55. The fraction of sp³-hybridized carbons (Fsp3) is 0.438. The fourth-order valence-electron chi connectivity index (χ4n) is 2.38. The van der Waals surface area contributed by atoms with Crippen LogP contribution in [0.2, 0.25) is 0 Å². The van der Waals surface area contributed by atoms with Gasteiger partial charge in [0, 0.05) is 38.4 Å². The molecule has 2 rings (SSSR count). The van der Waals surface area contributed by atoms with Gasteiger partial charge in [0.1, 0.15) is 0 Å². The van der Waals surface area contributed by atoms with Gasteiger partial charge in [0.2, 0.25) is 0 Å². The Morgan fingerprint density at radius 3 is 2.67 bits per heavy atom. The maximum Gasteiger partial charge on any atom is 0.0682 e. The van der Waals surface area contributed by atoms with Gasteiger partial charge in [-0.3, -0.25) is 4.68 Å². The van der Waals surface area contributed by atoms with E-state index in [1.54, 1.807) is 0 Å². The van der Waals surface area contributed by atoms with Gasteiger partial charge < -0.3 is 10.2 Å². The first-order chi connectivity index (χ1) is 9.61. The monoisotopic (exact) mass is 308 g/mol. The number of halogens is 1. The minimum absolute atomic E-state index is 0. The molecule has 0 fully saturated rings. The summed E-state index contributed by atoms with van der Waals surface area (Å²) in [6.45, 7) is 5.12. The van der Waals surface area contributed by atoms with Crippen molar-refractivity contribution in [2.75, 3.05) is 27.2 Å². The molecule has 4 nitrogen and oxygen atoms in total. The Morgan fingerprint density at radius 2 is 2.05 bits per heavy atom. The van der Waals surface area contributed by atoms with Crippen molar-refractivity contribution in [3.8, 4) is 11.3 Å². The molecule has 0 radical (unpaired) electrons. The zero-order chi connectivity index (χ0) is 14.5. The van der Waals surface area contributed by atoms with Crippen LogP contribution in [0.5, 0.6) is 0 Å². The van der Waals surface area contributed by atoms with Crippen molar-refractivity contribution in [1.82, 2.24) is 20.0 Å². The quantitative estimate of drug-likeness (QED) is 0.890. The van der Waals surface area contributed by atoms with Gasteiger partial charge in [0.25, 0.3) is 0 Å². The molecular formula is C16H25ClN4. The Balaban J connectivity index is 0.00000220. The van der Waals surface area contributed by atoms with Crippen LogP contribution in [0.4, 0.5) is 0 Å². The molecule has 0 unspecified atom stereocenters. The lowest BCUT2D eigenvalue weighted by molar-refractivity contribution is 0.328. The molecule has 0 aliphatic heterocycles. The molecule has 0 saturated carbocycles. The Labute approximate surface area is 133 Å². The number of hydrogen-bond acceptors (Lipinski definition) is 3. The molecule has 116 valence electrons. The van der Waals surface area contributed by atoms with Gasteiger partial charge >= 0.3 is 0 Å². The maximum absolute atomic E-state index is 4.29. The summed E-state index contributed by atoms with van der Waals surface area (Å²) in [5.74, 6) is 0. The highest BCUT2D eigenvalue weighted by Gasteiger charge is 2.10. The molecule has 1 aromatic heterocycles. The van der Waals surface area contributed by atoms with Crippen LogP contribution < -0.4 is 5.32 Å². The molecule has 21 heavy (non-hydrogen) atoms. The molecule has 0 saturated heterocycles. The number of aromatic nitrogens is 2. The average molecular weight is 309 g/mol. The first-order valence-corrected chi connectivity index (χ1v) is 7.03. The van der Waals surface area contributed by atoms with Gasteiger partial charge in [-0.05, 0) is 38.7 Å². The summed E-state index contributed by atoms with van der Waals surface area (Å²) >= 11 is 0. The molecule has 0 aliphatic rings.